The molecule has 1 aliphatic carbocycles. The summed E-state index contributed by atoms with van der Waals surface area (Å²) in [6, 6.07) is 9.46. The zero-order chi connectivity index (χ0) is 22.8. The maximum atomic E-state index is 13.2. The molecule has 1 atom stereocenters. The summed E-state index contributed by atoms with van der Waals surface area (Å²) in [5.41, 5.74) is 2.43. The van der Waals surface area contributed by atoms with Crippen LogP contribution < -0.4 is 5.32 Å². The summed E-state index contributed by atoms with van der Waals surface area (Å²) >= 11 is 0. The molecule has 1 amide bonds. The molecule has 1 aromatic heterocycles. The van der Waals surface area contributed by atoms with Crippen LogP contribution >= 0.6 is 0 Å². The number of fused-ring (bicyclic) bond motifs is 1. The highest BCUT2D eigenvalue weighted by atomic mass is 32.2. The quantitative estimate of drug-likeness (QED) is 0.671. The Kier molecular flexibility index (Phi) is 6.58. The van der Waals surface area contributed by atoms with Gasteiger partial charge in [-0.05, 0) is 93.4 Å². The van der Waals surface area contributed by atoms with E-state index in [0.29, 0.717) is 37.4 Å². The maximum absolute atomic E-state index is 13.2. The number of carbonyl (C=O) groups excluding carboxylic acids is 1. The predicted octanol–water partition coefficient (Wildman–Crippen LogP) is 3.12. The summed E-state index contributed by atoms with van der Waals surface area (Å²) in [4.78, 5) is 15.7. The van der Waals surface area contributed by atoms with Gasteiger partial charge in [0.15, 0.2) is 0 Å². The molecule has 178 valence electrons. The standard InChI is InChI=1S/C25H33N3O4S/c29-25(26-18-23(24-7-4-16-32-24)27-12-1-2-13-27)20-10-14-28(15-11-20)33(30,31)22-9-8-19-5-3-6-21(19)17-22/h4,7-9,16-17,20,23H,1-3,5-6,10-15,18H2,(H,26,29). The number of hydrogen-bond acceptors (Lipinski definition) is 5. The zero-order valence-electron chi connectivity index (χ0n) is 19.0. The summed E-state index contributed by atoms with van der Waals surface area (Å²) in [6.45, 7) is 3.30. The Bertz CT molecular complexity index is 1070. The van der Waals surface area contributed by atoms with Gasteiger partial charge in [-0.2, -0.15) is 4.31 Å². The average Bonchev–Trinajstić information content (AvgIpc) is 3.62. The van der Waals surface area contributed by atoms with Crippen LogP contribution in [0, 0.1) is 5.92 Å². The Morgan fingerprint density at radius 3 is 2.52 bits per heavy atom. The van der Waals surface area contributed by atoms with Gasteiger partial charge >= 0.3 is 0 Å². The van der Waals surface area contributed by atoms with E-state index in [1.165, 1.54) is 18.4 Å². The molecule has 2 fully saturated rings. The molecule has 1 N–H and O–H groups in total. The van der Waals surface area contributed by atoms with Crippen LogP contribution in [0.25, 0.3) is 0 Å². The predicted molar refractivity (Wildman–Crippen MR) is 125 cm³/mol. The van der Waals surface area contributed by atoms with Crippen molar-refractivity contribution in [2.75, 3.05) is 32.7 Å². The lowest BCUT2D eigenvalue weighted by atomic mass is 9.97. The molecule has 3 heterocycles. The normalized spacial score (nSPS) is 21.2. The van der Waals surface area contributed by atoms with E-state index in [-0.39, 0.29) is 17.9 Å². The van der Waals surface area contributed by atoms with Gasteiger partial charge < -0.3 is 9.73 Å². The van der Waals surface area contributed by atoms with Crippen molar-refractivity contribution in [3.8, 4) is 0 Å². The minimum Gasteiger partial charge on any atom is -0.468 e. The first-order valence-corrected chi connectivity index (χ1v) is 13.6. The van der Waals surface area contributed by atoms with Crippen molar-refractivity contribution in [3.63, 3.8) is 0 Å². The Morgan fingerprint density at radius 1 is 1.03 bits per heavy atom. The van der Waals surface area contributed by atoms with E-state index in [9.17, 15) is 13.2 Å². The third kappa shape index (κ3) is 4.74. The van der Waals surface area contributed by atoms with Gasteiger partial charge in [0, 0.05) is 25.6 Å². The van der Waals surface area contributed by atoms with Gasteiger partial charge in [0.2, 0.25) is 15.9 Å². The Balaban J connectivity index is 1.17. The molecule has 0 saturated carbocycles. The molecule has 1 aromatic carbocycles. The van der Waals surface area contributed by atoms with Crippen molar-refractivity contribution >= 4 is 15.9 Å². The summed E-state index contributed by atoms with van der Waals surface area (Å²) in [6.07, 6.45) is 8.20. The van der Waals surface area contributed by atoms with E-state index in [0.717, 1.165) is 43.7 Å². The third-order valence-electron chi connectivity index (χ3n) is 7.46. The lowest BCUT2D eigenvalue weighted by Crippen LogP contribution is -2.44. The van der Waals surface area contributed by atoms with Crippen LogP contribution in [0.5, 0.6) is 0 Å². The van der Waals surface area contributed by atoms with Crippen molar-refractivity contribution < 1.29 is 17.6 Å². The first kappa shape index (κ1) is 22.6. The fourth-order valence-electron chi connectivity index (χ4n) is 5.50. The van der Waals surface area contributed by atoms with E-state index in [1.807, 2.05) is 24.3 Å². The molecule has 0 spiro atoms. The summed E-state index contributed by atoms with van der Waals surface area (Å²) in [5.74, 6) is 0.736. The Labute approximate surface area is 196 Å². The van der Waals surface area contributed by atoms with E-state index >= 15 is 0 Å². The smallest absolute Gasteiger partial charge is 0.243 e. The van der Waals surface area contributed by atoms with Gasteiger partial charge in [-0.3, -0.25) is 9.69 Å². The number of carbonyl (C=O) groups is 1. The van der Waals surface area contributed by atoms with E-state index in [4.69, 9.17) is 4.42 Å². The molecule has 3 aliphatic rings. The van der Waals surface area contributed by atoms with Crippen LogP contribution in [0.4, 0.5) is 0 Å². The fourth-order valence-corrected chi connectivity index (χ4v) is 7.02. The molecule has 8 heteroatoms. The molecular weight excluding hydrogens is 438 g/mol. The highest BCUT2D eigenvalue weighted by molar-refractivity contribution is 7.89. The molecule has 2 aliphatic heterocycles. The second kappa shape index (κ2) is 9.60. The largest absolute Gasteiger partial charge is 0.468 e. The van der Waals surface area contributed by atoms with Crippen LogP contribution in [0.3, 0.4) is 0 Å². The summed E-state index contributed by atoms with van der Waals surface area (Å²) < 4.78 is 33.5. The first-order chi connectivity index (χ1) is 16.0. The van der Waals surface area contributed by atoms with E-state index in [2.05, 4.69) is 10.2 Å². The second-order valence-electron chi connectivity index (χ2n) is 9.48. The summed E-state index contributed by atoms with van der Waals surface area (Å²) in [5, 5.41) is 3.12. The molecule has 7 nitrogen and oxygen atoms in total. The van der Waals surface area contributed by atoms with Crippen molar-refractivity contribution in [1.29, 1.82) is 0 Å². The van der Waals surface area contributed by atoms with Gasteiger partial charge in [0.05, 0.1) is 17.2 Å². The molecule has 0 bridgehead atoms. The highest BCUT2D eigenvalue weighted by Gasteiger charge is 2.33. The fraction of sp³-hybridized carbons (Fsp3) is 0.560. The number of aryl methyl sites for hydroxylation is 2. The molecule has 2 aromatic rings. The summed E-state index contributed by atoms with van der Waals surface area (Å²) in [7, 11) is -3.52. The first-order valence-electron chi connectivity index (χ1n) is 12.2. The van der Waals surface area contributed by atoms with Crippen molar-refractivity contribution in [2.45, 2.75) is 55.9 Å². The zero-order valence-corrected chi connectivity index (χ0v) is 19.9. The van der Waals surface area contributed by atoms with Gasteiger partial charge in [-0.15, -0.1) is 0 Å². The molecule has 2 saturated heterocycles. The van der Waals surface area contributed by atoms with Crippen LogP contribution in [0.15, 0.2) is 45.9 Å². The van der Waals surface area contributed by atoms with Crippen molar-refractivity contribution in [2.24, 2.45) is 5.92 Å². The van der Waals surface area contributed by atoms with Gasteiger partial charge in [0.1, 0.15) is 5.76 Å². The monoisotopic (exact) mass is 471 g/mol. The molecule has 0 radical (unpaired) electrons. The Hall–Kier alpha value is -2.16. The minimum absolute atomic E-state index is 0.0142. The SMILES string of the molecule is O=C(NCC(c1ccco1)N1CCCC1)C1CCN(S(=O)(=O)c2ccc3c(c2)CCC3)CC1. The topological polar surface area (TPSA) is 82.9 Å². The van der Waals surface area contributed by atoms with Crippen LogP contribution in [0.2, 0.25) is 0 Å². The van der Waals surface area contributed by atoms with Crippen LogP contribution in [-0.4, -0.2) is 56.3 Å². The third-order valence-corrected chi connectivity index (χ3v) is 9.35. The number of sulfonamides is 1. The lowest BCUT2D eigenvalue weighted by molar-refractivity contribution is -0.126. The second-order valence-corrected chi connectivity index (χ2v) is 11.4. The number of rotatable bonds is 7. The lowest BCUT2D eigenvalue weighted by Gasteiger charge is -2.31. The van der Waals surface area contributed by atoms with E-state index < -0.39 is 10.0 Å². The highest BCUT2D eigenvalue weighted by Crippen LogP contribution is 2.29. The van der Waals surface area contributed by atoms with Crippen molar-refractivity contribution in [3.05, 3.63) is 53.5 Å². The number of piperidine rings is 1. The van der Waals surface area contributed by atoms with Gasteiger partial charge in [-0.1, -0.05) is 6.07 Å². The number of furan rings is 1. The van der Waals surface area contributed by atoms with Gasteiger partial charge in [-0.25, -0.2) is 8.42 Å². The number of benzene rings is 1. The van der Waals surface area contributed by atoms with Gasteiger partial charge in [0.25, 0.3) is 0 Å². The number of amides is 1. The minimum atomic E-state index is -3.52. The number of likely N-dealkylation sites (tertiary alicyclic amines) is 1. The molecular formula is C25H33N3O4S. The average molecular weight is 472 g/mol. The number of nitrogens with one attached hydrogen (secondary N) is 1. The molecule has 1 unspecified atom stereocenters. The van der Waals surface area contributed by atoms with Crippen LogP contribution in [-0.2, 0) is 27.7 Å². The molecule has 5 rings (SSSR count). The number of hydrogen-bond donors (Lipinski definition) is 1. The molecule has 33 heavy (non-hydrogen) atoms. The maximum Gasteiger partial charge on any atom is 0.243 e. The number of nitrogens with zero attached hydrogens (tertiary/aromatic N) is 2. The van der Waals surface area contributed by atoms with E-state index in [1.54, 1.807) is 16.6 Å². The van der Waals surface area contributed by atoms with Crippen LogP contribution in [0.1, 0.15) is 55.0 Å². The van der Waals surface area contributed by atoms with Crippen molar-refractivity contribution in [1.82, 2.24) is 14.5 Å². The Morgan fingerprint density at radius 2 is 1.79 bits per heavy atom.